The number of aromatic amines is 1. The van der Waals surface area contributed by atoms with Crippen LogP contribution in [0.3, 0.4) is 0 Å². The maximum absolute atomic E-state index is 12.4. The van der Waals surface area contributed by atoms with Gasteiger partial charge in [0.1, 0.15) is 11.4 Å². The van der Waals surface area contributed by atoms with Gasteiger partial charge in [0, 0.05) is 5.56 Å². The van der Waals surface area contributed by atoms with Gasteiger partial charge in [-0.2, -0.15) is 13.9 Å². The van der Waals surface area contributed by atoms with Gasteiger partial charge in [-0.1, -0.05) is 12.1 Å². The number of hydrogen-bond donors (Lipinski definition) is 2. The molecule has 2 rings (SSSR count). The number of H-pyrrole nitrogens is 1. The fourth-order valence-corrected chi connectivity index (χ4v) is 1.61. The number of para-hydroxylation sites is 1. The van der Waals surface area contributed by atoms with Crippen molar-refractivity contribution in [3.63, 3.8) is 0 Å². The summed E-state index contributed by atoms with van der Waals surface area (Å²) in [5.74, 6) is 0.0474. The molecule has 22 heavy (non-hydrogen) atoms. The van der Waals surface area contributed by atoms with Crippen LogP contribution in [0.4, 0.5) is 14.7 Å². The molecule has 0 aliphatic rings. The molecule has 0 radical (unpaired) electrons. The van der Waals surface area contributed by atoms with Crippen molar-refractivity contribution in [2.75, 3.05) is 5.43 Å². The number of alkyl halides is 2. The molecule has 2 N–H and O–H groups in total. The lowest BCUT2D eigenvalue weighted by Gasteiger charge is -2.10. The standard InChI is InChI=1S/C13H13F2N5O2/c1-7(9-5-3-4-6-10(9)22-12(14)15)17-19-13-16-11(21)8(2)18-20-13/h3-6,12H,1-2H3,(H2,16,19,20,21)/b17-7+. The Hall–Kier alpha value is -2.84. The van der Waals surface area contributed by atoms with Crippen LogP contribution < -0.4 is 15.7 Å². The van der Waals surface area contributed by atoms with Crippen LogP contribution in [0.15, 0.2) is 34.2 Å². The van der Waals surface area contributed by atoms with E-state index in [-0.39, 0.29) is 17.4 Å². The van der Waals surface area contributed by atoms with Gasteiger partial charge in [0.15, 0.2) is 0 Å². The number of aryl methyl sites for hydroxylation is 1. The average Bonchev–Trinajstić information content (AvgIpc) is 2.48. The Morgan fingerprint density at radius 1 is 1.36 bits per heavy atom. The molecule has 1 heterocycles. The molecule has 1 aromatic carbocycles. The van der Waals surface area contributed by atoms with Gasteiger partial charge in [0.2, 0.25) is 5.95 Å². The highest BCUT2D eigenvalue weighted by atomic mass is 19.3. The first-order valence-electron chi connectivity index (χ1n) is 6.25. The minimum Gasteiger partial charge on any atom is -0.434 e. The van der Waals surface area contributed by atoms with Crippen LogP contribution in [0.2, 0.25) is 0 Å². The molecule has 7 nitrogen and oxygen atoms in total. The summed E-state index contributed by atoms with van der Waals surface area (Å²) >= 11 is 0. The van der Waals surface area contributed by atoms with E-state index >= 15 is 0 Å². The second-order valence-electron chi connectivity index (χ2n) is 4.27. The molecule has 0 bridgehead atoms. The van der Waals surface area contributed by atoms with Crippen LogP contribution in [-0.4, -0.2) is 27.5 Å². The number of anilines is 1. The molecule has 116 valence electrons. The molecular formula is C13H13F2N5O2. The molecule has 0 aliphatic carbocycles. The summed E-state index contributed by atoms with van der Waals surface area (Å²) in [5, 5.41) is 11.3. The predicted octanol–water partition coefficient (Wildman–Crippen LogP) is 1.91. The summed E-state index contributed by atoms with van der Waals surface area (Å²) in [6, 6.07) is 6.24. The first-order valence-corrected chi connectivity index (χ1v) is 6.25. The topological polar surface area (TPSA) is 92.3 Å². The second kappa shape index (κ2) is 6.74. The Morgan fingerprint density at radius 2 is 2.09 bits per heavy atom. The van der Waals surface area contributed by atoms with Crippen molar-refractivity contribution in [3.8, 4) is 5.75 Å². The zero-order valence-electron chi connectivity index (χ0n) is 11.8. The molecule has 0 aliphatic heterocycles. The summed E-state index contributed by atoms with van der Waals surface area (Å²) in [7, 11) is 0. The zero-order valence-corrected chi connectivity index (χ0v) is 11.8. The number of hydrogen-bond acceptors (Lipinski definition) is 6. The number of hydrazone groups is 1. The normalized spacial score (nSPS) is 11.6. The minimum atomic E-state index is -2.93. The third kappa shape index (κ3) is 3.84. The molecule has 0 amide bonds. The van der Waals surface area contributed by atoms with E-state index in [0.717, 1.165) is 0 Å². The molecular weight excluding hydrogens is 296 g/mol. The second-order valence-corrected chi connectivity index (χ2v) is 4.27. The number of nitrogens with one attached hydrogen (secondary N) is 2. The molecule has 9 heteroatoms. The number of rotatable bonds is 5. The van der Waals surface area contributed by atoms with E-state index in [1.54, 1.807) is 25.1 Å². The molecule has 0 spiro atoms. The largest absolute Gasteiger partial charge is 0.434 e. The van der Waals surface area contributed by atoms with E-state index in [4.69, 9.17) is 0 Å². The fraction of sp³-hybridized carbons (Fsp3) is 0.231. The number of ether oxygens (including phenoxy) is 1. The van der Waals surface area contributed by atoms with Crippen LogP contribution >= 0.6 is 0 Å². The smallest absolute Gasteiger partial charge is 0.387 e. The monoisotopic (exact) mass is 309 g/mol. The quantitative estimate of drug-likeness (QED) is 0.650. The van der Waals surface area contributed by atoms with Crippen LogP contribution in [0, 0.1) is 6.92 Å². The first kappa shape index (κ1) is 15.5. The van der Waals surface area contributed by atoms with Crippen molar-refractivity contribution >= 4 is 11.7 Å². The van der Waals surface area contributed by atoms with E-state index in [2.05, 4.69) is 30.4 Å². The first-order chi connectivity index (χ1) is 10.5. The van der Waals surface area contributed by atoms with Crippen LogP contribution in [-0.2, 0) is 0 Å². The van der Waals surface area contributed by atoms with Gasteiger partial charge in [-0.3, -0.25) is 9.78 Å². The summed E-state index contributed by atoms with van der Waals surface area (Å²) in [4.78, 5) is 13.8. The van der Waals surface area contributed by atoms with Crippen molar-refractivity contribution in [1.82, 2.24) is 15.2 Å². The van der Waals surface area contributed by atoms with Gasteiger partial charge in [0.25, 0.3) is 5.56 Å². The zero-order chi connectivity index (χ0) is 16.1. The SMILES string of the molecule is C/C(=N\Nc1nnc(C)c(=O)[nH]1)c1ccccc1OC(F)F. The van der Waals surface area contributed by atoms with Crippen molar-refractivity contribution in [1.29, 1.82) is 0 Å². The van der Waals surface area contributed by atoms with E-state index in [1.807, 2.05) is 0 Å². The average molecular weight is 309 g/mol. The molecule has 0 fully saturated rings. The summed E-state index contributed by atoms with van der Waals surface area (Å²) in [5.41, 5.74) is 3.10. The summed E-state index contributed by atoms with van der Waals surface area (Å²) < 4.78 is 29.1. The molecule has 0 saturated heterocycles. The molecule has 1 aromatic heterocycles. The van der Waals surface area contributed by atoms with Crippen LogP contribution in [0.5, 0.6) is 5.75 Å². The lowest BCUT2D eigenvalue weighted by molar-refractivity contribution is -0.0499. The Labute approximate surface area is 124 Å². The molecule has 0 unspecified atom stereocenters. The van der Waals surface area contributed by atoms with Crippen molar-refractivity contribution < 1.29 is 13.5 Å². The van der Waals surface area contributed by atoms with E-state index < -0.39 is 12.2 Å². The van der Waals surface area contributed by atoms with E-state index in [0.29, 0.717) is 11.3 Å². The summed E-state index contributed by atoms with van der Waals surface area (Å²) in [6.45, 7) is 0.184. The van der Waals surface area contributed by atoms with Gasteiger partial charge < -0.3 is 4.74 Å². The lowest BCUT2D eigenvalue weighted by Crippen LogP contribution is -2.16. The number of halogens is 2. The highest BCUT2D eigenvalue weighted by Crippen LogP contribution is 2.21. The van der Waals surface area contributed by atoms with Crippen LogP contribution in [0.1, 0.15) is 18.2 Å². The highest BCUT2D eigenvalue weighted by molar-refractivity contribution is 6.01. The fourth-order valence-electron chi connectivity index (χ4n) is 1.61. The molecule has 2 aromatic rings. The van der Waals surface area contributed by atoms with Crippen molar-refractivity contribution in [2.45, 2.75) is 20.5 Å². The predicted molar refractivity (Wildman–Crippen MR) is 76.3 cm³/mol. The van der Waals surface area contributed by atoms with Gasteiger partial charge in [-0.15, -0.1) is 10.2 Å². The Balaban J connectivity index is 2.22. The minimum absolute atomic E-state index is 0.00373. The van der Waals surface area contributed by atoms with Crippen molar-refractivity contribution in [3.05, 3.63) is 45.9 Å². The van der Waals surface area contributed by atoms with Gasteiger partial charge in [-0.25, -0.2) is 5.43 Å². The maximum Gasteiger partial charge on any atom is 0.387 e. The van der Waals surface area contributed by atoms with Gasteiger partial charge in [-0.05, 0) is 26.0 Å². The number of nitrogens with zero attached hydrogens (tertiary/aromatic N) is 3. The third-order valence-electron chi connectivity index (χ3n) is 2.68. The lowest BCUT2D eigenvalue weighted by atomic mass is 10.1. The van der Waals surface area contributed by atoms with Crippen molar-refractivity contribution in [2.24, 2.45) is 5.10 Å². The van der Waals surface area contributed by atoms with E-state index in [9.17, 15) is 13.6 Å². The third-order valence-corrected chi connectivity index (χ3v) is 2.68. The molecule has 0 saturated carbocycles. The maximum atomic E-state index is 12.4. The van der Waals surface area contributed by atoms with Crippen LogP contribution in [0.25, 0.3) is 0 Å². The number of benzene rings is 1. The summed E-state index contributed by atoms with van der Waals surface area (Å²) in [6.07, 6.45) is 0. The van der Waals surface area contributed by atoms with E-state index in [1.165, 1.54) is 13.0 Å². The van der Waals surface area contributed by atoms with Gasteiger partial charge in [0.05, 0.1) is 5.71 Å². The molecule has 0 atom stereocenters. The Morgan fingerprint density at radius 3 is 2.77 bits per heavy atom. The Kier molecular flexibility index (Phi) is 4.77. The Bertz CT molecular complexity index is 745. The highest BCUT2D eigenvalue weighted by Gasteiger charge is 2.11. The number of aromatic nitrogens is 3. The van der Waals surface area contributed by atoms with Gasteiger partial charge >= 0.3 is 6.61 Å².